The summed E-state index contributed by atoms with van der Waals surface area (Å²) in [5.41, 5.74) is 3.46. The van der Waals surface area contributed by atoms with Gasteiger partial charge in [0, 0.05) is 35.4 Å². The number of hydrogen-bond donors (Lipinski definition) is 3. The Morgan fingerprint density at radius 1 is 1.00 bits per heavy atom. The summed E-state index contributed by atoms with van der Waals surface area (Å²) >= 11 is 0. The molecule has 0 spiro atoms. The van der Waals surface area contributed by atoms with Gasteiger partial charge in [0.1, 0.15) is 5.69 Å². The van der Waals surface area contributed by atoms with Crippen molar-refractivity contribution in [1.29, 1.82) is 0 Å². The van der Waals surface area contributed by atoms with E-state index >= 15 is 0 Å². The van der Waals surface area contributed by atoms with E-state index in [2.05, 4.69) is 26.7 Å². The van der Waals surface area contributed by atoms with E-state index in [1.54, 1.807) is 18.3 Å². The Bertz CT molecular complexity index is 1160. The van der Waals surface area contributed by atoms with Crippen molar-refractivity contribution in [1.82, 2.24) is 9.97 Å². The maximum Gasteiger partial charge on any atom is 0.274 e. The lowest BCUT2D eigenvalue weighted by Gasteiger charge is -2.08. The molecule has 5 nitrogen and oxygen atoms in total. The van der Waals surface area contributed by atoms with Crippen LogP contribution in [0.3, 0.4) is 0 Å². The van der Waals surface area contributed by atoms with E-state index in [4.69, 9.17) is 0 Å². The fourth-order valence-corrected chi connectivity index (χ4v) is 3.08. The molecule has 1 amide bonds. The normalized spacial score (nSPS) is 10.8. The number of aromatic nitrogens is 2. The van der Waals surface area contributed by atoms with Crippen molar-refractivity contribution in [3.63, 3.8) is 0 Å². The standard InChI is InChI=1S/C22H18F2N4O/c23-18-7-5-15(11-19(18)24)28-22(29)21-8-6-16(13-27-21)25-10-9-14-12-26-20-4-2-1-3-17(14)20/h1-8,11-13,25-26H,9-10H2,(H,28,29). The van der Waals surface area contributed by atoms with Crippen molar-refractivity contribution in [2.24, 2.45) is 0 Å². The number of nitrogens with zero attached hydrogens (tertiary/aromatic N) is 1. The van der Waals surface area contributed by atoms with Gasteiger partial charge in [-0.1, -0.05) is 18.2 Å². The van der Waals surface area contributed by atoms with Gasteiger partial charge in [-0.15, -0.1) is 0 Å². The van der Waals surface area contributed by atoms with Crippen LogP contribution in [-0.4, -0.2) is 22.4 Å². The van der Waals surface area contributed by atoms with Gasteiger partial charge in [0.05, 0.1) is 11.9 Å². The molecule has 4 aromatic rings. The number of anilines is 2. The van der Waals surface area contributed by atoms with Gasteiger partial charge in [-0.2, -0.15) is 0 Å². The molecule has 0 unspecified atom stereocenters. The molecule has 0 atom stereocenters. The molecule has 146 valence electrons. The SMILES string of the molecule is O=C(Nc1ccc(F)c(F)c1)c1ccc(NCCc2c[nH]c3ccccc23)cn1. The number of H-pyrrole nitrogens is 1. The third-order valence-corrected chi connectivity index (χ3v) is 4.57. The van der Waals surface area contributed by atoms with Gasteiger partial charge in [-0.25, -0.2) is 13.8 Å². The minimum atomic E-state index is -1.02. The highest BCUT2D eigenvalue weighted by Crippen LogP contribution is 2.18. The molecule has 2 aromatic heterocycles. The lowest BCUT2D eigenvalue weighted by molar-refractivity contribution is 0.102. The number of aromatic amines is 1. The summed E-state index contributed by atoms with van der Waals surface area (Å²) in [4.78, 5) is 19.6. The maximum atomic E-state index is 13.2. The molecule has 7 heteroatoms. The van der Waals surface area contributed by atoms with Crippen molar-refractivity contribution in [3.05, 3.63) is 89.9 Å². The molecule has 0 aliphatic carbocycles. The molecule has 0 aliphatic rings. The maximum absolute atomic E-state index is 13.2. The molecule has 2 heterocycles. The number of carbonyl (C=O) groups excluding carboxylic acids is 1. The Labute approximate surface area is 165 Å². The number of rotatable bonds is 6. The van der Waals surface area contributed by atoms with Crippen LogP contribution in [0.15, 0.2) is 67.0 Å². The van der Waals surface area contributed by atoms with Crippen molar-refractivity contribution in [2.45, 2.75) is 6.42 Å². The van der Waals surface area contributed by atoms with Crippen LogP contribution >= 0.6 is 0 Å². The van der Waals surface area contributed by atoms with E-state index in [0.717, 1.165) is 29.8 Å². The summed E-state index contributed by atoms with van der Waals surface area (Å²) in [5, 5.41) is 6.98. The van der Waals surface area contributed by atoms with Crippen molar-refractivity contribution in [2.75, 3.05) is 17.2 Å². The van der Waals surface area contributed by atoms with Gasteiger partial charge in [-0.3, -0.25) is 4.79 Å². The molecule has 29 heavy (non-hydrogen) atoms. The molecular formula is C22H18F2N4O. The number of amides is 1. The number of pyridine rings is 1. The summed E-state index contributed by atoms with van der Waals surface area (Å²) in [6.45, 7) is 0.712. The first-order valence-electron chi connectivity index (χ1n) is 9.11. The van der Waals surface area contributed by atoms with Crippen LogP contribution in [0.25, 0.3) is 10.9 Å². The number of halogens is 2. The molecule has 2 aromatic carbocycles. The first-order chi connectivity index (χ1) is 14.1. The van der Waals surface area contributed by atoms with Crippen LogP contribution in [0.5, 0.6) is 0 Å². The van der Waals surface area contributed by atoms with Crippen molar-refractivity contribution < 1.29 is 13.6 Å². The Hall–Kier alpha value is -3.74. The molecule has 0 bridgehead atoms. The molecule has 0 saturated heterocycles. The Balaban J connectivity index is 1.33. The van der Waals surface area contributed by atoms with E-state index in [-0.39, 0.29) is 11.4 Å². The quantitative estimate of drug-likeness (QED) is 0.444. The highest BCUT2D eigenvalue weighted by Gasteiger charge is 2.10. The smallest absolute Gasteiger partial charge is 0.274 e. The molecule has 0 fully saturated rings. The summed E-state index contributed by atoms with van der Waals surface area (Å²) in [5.74, 6) is -2.49. The molecule has 4 rings (SSSR count). The summed E-state index contributed by atoms with van der Waals surface area (Å²) in [7, 11) is 0. The van der Waals surface area contributed by atoms with Crippen LogP contribution in [-0.2, 0) is 6.42 Å². The lowest BCUT2D eigenvalue weighted by Crippen LogP contribution is -2.14. The average molecular weight is 392 g/mol. The van der Waals surface area contributed by atoms with E-state index in [9.17, 15) is 13.6 Å². The number of para-hydroxylation sites is 1. The minimum absolute atomic E-state index is 0.164. The van der Waals surface area contributed by atoms with E-state index in [1.165, 1.54) is 17.0 Å². The number of fused-ring (bicyclic) bond motifs is 1. The zero-order chi connectivity index (χ0) is 20.2. The fraction of sp³-hybridized carbons (Fsp3) is 0.0909. The second-order valence-corrected chi connectivity index (χ2v) is 6.55. The van der Waals surface area contributed by atoms with Gasteiger partial charge in [0.2, 0.25) is 0 Å². The zero-order valence-corrected chi connectivity index (χ0v) is 15.4. The van der Waals surface area contributed by atoms with Gasteiger partial charge in [0.15, 0.2) is 11.6 Å². The highest BCUT2D eigenvalue weighted by molar-refractivity contribution is 6.02. The fourth-order valence-electron chi connectivity index (χ4n) is 3.08. The van der Waals surface area contributed by atoms with Crippen LogP contribution < -0.4 is 10.6 Å². The molecule has 0 saturated carbocycles. The Kier molecular flexibility index (Phi) is 5.20. The molecule has 0 radical (unpaired) electrons. The van der Waals surface area contributed by atoms with E-state index in [0.29, 0.717) is 6.54 Å². The Morgan fingerprint density at radius 3 is 2.62 bits per heavy atom. The third kappa shape index (κ3) is 4.24. The first kappa shape index (κ1) is 18.6. The zero-order valence-electron chi connectivity index (χ0n) is 15.4. The Morgan fingerprint density at radius 2 is 1.83 bits per heavy atom. The van der Waals surface area contributed by atoms with Crippen LogP contribution in [0.1, 0.15) is 16.1 Å². The highest BCUT2D eigenvalue weighted by atomic mass is 19.2. The summed E-state index contributed by atoms with van der Waals surface area (Å²) in [6.07, 6.45) is 4.41. The monoisotopic (exact) mass is 392 g/mol. The molecular weight excluding hydrogens is 374 g/mol. The largest absolute Gasteiger partial charge is 0.383 e. The van der Waals surface area contributed by atoms with Crippen LogP contribution in [0.4, 0.5) is 20.2 Å². The number of carbonyl (C=O) groups is 1. The predicted molar refractivity (Wildman–Crippen MR) is 109 cm³/mol. The third-order valence-electron chi connectivity index (χ3n) is 4.57. The summed E-state index contributed by atoms with van der Waals surface area (Å²) < 4.78 is 26.2. The molecule has 3 N–H and O–H groups in total. The van der Waals surface area contributed by atoms with Gasteiger partial charge in [-0.05, 0) is 42.3 Å². The van der Waals surface area contributed by atoms with Crippen LogP contribution in [0, 0.1) is 11.6 Å². The topological polar surface area (TPSA) is 69.8 Å². The second-order valence-electron chi connectivity index (χ2n) is 6.55. The average Bonchev–Trinajstić information content (AvgIpc) is 3.14. The number of benzene rings is 2. The van der Waals surface area contributed by atoms with Gasteiger partial charge in [0.25, 0.3) is 5.91 Å². The lowest BCUT2D eigenvalue weighted by atomic mass is 10.1. The van der Waals surface area contributed by atoms with E-state index < -0.39 is 17.5 Å². The van der Waals surface area contributed by atoms with Gasteiger partial charge >= 0.3 is 0 Å². The molecule has 0 aliphatic heterocycles. The number of nitrogens with one attached hydrogen (secondary N) is 3. The first-order valence-corrected chi connectivity index (χ1v) is 9.11. The predicted octanol–water partition coefficient (Wildman–Crippen LogP) is 4.75. The minimum Gasteiger partial charge on any atom is -0.383 e. The van der Waals surface area contributed by atoms with Gasteiger partial charge < -0.3 is 15.6 Å². The van der Waals surface area contributed by atoms with E-state index in [1.807, 2.05) is 24.4 Å². The van der Waals surface area contributed by atoms with Crippen LogP contribution in [0.2, 0.25) is 0 Å². The van der Waals surface area contributed by atoms with Crippen molar-refractivity contribution >= 4 is 28.2 Å². The second kappa shape index (κ2) is 8.10. The van der Waals surface area contributed by atoms with Crippen molar-refractivity contribution in [3.8, 4) is 0 Å². The summed E-state index contributed by atoms with van der Waals surface area (Å²) in [6, 6.07) is 14.6. The number of hydrogen-bond acceptors (Lipinski definition) is 3.